The van der Waals surface area contributed by atoms with Crippen molar-refractivity contribution in [3.63, 3.8) is 0 Å². The molecule has 0 radical (unpaired) electrons. The number of furan rings is 1. The van der Waals surface area contributed by atoms with Gasteiger partial charge in [0.25, 0.3) is 0 Å². The van der Waals surface area contributed by atoms with E-state index in [9.17, 15) is 0 Å². The molecule has 268 valence electrons. The zero-order chi connectivity index (χ0) is 37.4. The first-order valence-electron chi connectivity index (χ1n) is 19.5. The van der Waals surface area contributed by atoms with Crippen LogP contribution >= 0.6 is 11.3 Å². The lowest BCUT2D eigenvalue weighted by molar-refractivity contribution is 0.403. The van der Waals surface area contributed by atoms with E-state index in [1.807, 2.05) is 17.4 Å². The highest BCUT2D eigenvalue weighted by molar-refractivity contribution is 7.26. The van der Waals surface area contributed by atoms with Crippen LogP contribution in [0.5, 0.6) is 0 Å². The standard InChI is InChI=1S/C52H43NOS/c1-50(2)30-51(3,4)45-29-48-41(28-44(45)50)40-18-12-17-35(49(40)55-48)31-13-11-14-32(25-31)53(34-22-24-39-38-16-8-10-20-46(38)54-47(39)27-34)33-21-23-37-36-15-7-9-19-42(36)52(5,6)43(37)26-33/h7-29H,30H2,1-6H3. The monoisotopic (exact) mass is 729 g/mol. The molecule has 2 aliphatic carbocycles. The highest BCUT2D eigenvalue weighted by Gasteiger charge is 2.42. The van der Waals surface area contributed by atoms with Gasteiger partial charge >= 0.3 is 0 Å². The summed E-state index contributed by atoms with van der Waals surface area (Å²) in [5, 5.41) is 5.00. The number of hydrogen-bond acceptors (Lipinski definition) is 3. The summed E-state index contributed by atoms with van der Waals surface area (Å²) in [4.78, 5) is 2.41. The summed E-state index contributed by atoms with van der Waals surface area (Å²) in [6, 6.07) is 51.9. The van der Waals surface area contributed by atoms with Crippen LogP contribution in [-0.2, 0) is 16.2 Å². The predicted molar refractivity (Wildman–Crippen MR) is 235 cm³/mol. The summed E-state index contributed by atoms with van der Waals surface area (Å²) in [7, 11) is 0. The first-order chi connectivity index (χ1) is 26.5. The van der Waals surface area contributed by atoms with Gasteiger partial charge in [-0.05, 0) is 116 Å². The Balaban J connectivity index is 1.09. The molecule has 11 rings (SSSR count). The third-order valence-electron chi connectivity index (χ3n) is 12.8. The molecule has 3 heteroatoms. The molecular weight excluding hydrogens is 687 g/mol. The zero-order valence-corrected chi connectivity index (χ0v) is 33.1. The Hall–Kier alpha value is -5.64. The fourth-order valence-electron chi connectivity index (χ4n) is 10.4. The summed E-state index contributed by atoms with van der Waals surface area (Å²) >= 11 is 1.94. The molecule has 7 aromatic carbocycles. The third kappa shape index (κ3) is 4.72. The average molecular weight is 730 g/mol. The molecule has 0 spiro atoms. The van der Waals surface area contributed by atoms with Crippen molar-refractivity contribution >= 4 is 70.5 Å². The maximum atomic E-state index is 6.46. The van der Waals surface area contributed by atoms with Crippen molar-refractivity contribution in [1.29, 1.82) is 0 Å². The van der Waals surface area contributed by atoms with E-state index in [4.69, 9.17) is 4.42 Å². The molecule has 0 amide bonds. The fourth-order valence-corrected chi connectivity index (χ4v) is 11.7. The quantitative estimate of drug-likeness (QED) is 0.179. The van der Waals surface area contributed by atoms with Gasteiger partial charge in [0.1, 0.15) is 11.2 Å². The second kappa shape index (κ2) is 11.2. The molecule has 0 N–H and O–H groups in total. The van der Waals surface area contributed by atoms with E-state index in [1.54, 1.807) is 0 Å². The maximum Gasteiger partial charge on any atom is 0.137 e. The van der Waals surface area contributed by atoms with Gasteiger partial charge in [0.05, 0.1) is 0 Å². The Morgan fingerprint density at radius 1 is 0.473 bits per heavy atom. The highest BCUT2D eigenvalue weighted by atomic mass is 32.1. The number of anilines is 3. The van der Waals surface area contributed by atoms with Gasteiger partial charge in [0.2, 0.25) is 0 Å². The van der Waals surface area contributed by atoms with E-state index >= 15 is 0 Å². The Labute approximate surface area is 326 Å². The van der Waals surface area contributed by atoms with Crippen LogP contribution in [0.25, 0.3) is 64.4 Å². The van der Waals surface area contributed by atoms with Gasteiger partial charge < -0.3 is 9.32 Å². The van der Waals surface area contributed by atoms with E-state index in [0.717, 1.165) is 39.0 Å². The largest absolute Gasteiger partial charge is 0.456 e. The topological polar surface area (TPSA) is 16.4 Å². The number of fused-ring (bicyclic) bond motifs is 10. The molecule has 55 heavy (non-hydrogen) atoms. The van der Waals surface area contributed by atoms with Crippen LogP contribution in [0.4, 0.5) is 17.1 Å². The molecule has 0 bridgehead atoms. The average Bonchev–Trinajstić information content (AvgIpc) is 3.85. The molecule has 0 atom stereocenters. The normalized spacial score (nSPS) is 16.2. The number of benzene rings is 7. The molecule has 0 saturated carbocycles. The number of hydrogen-bond donors (Lipinski definition) is 0. The smallest absolute Gasteiger partial charge is 0.137 e. The molecule has 0 aliphatic heterocycles. The van der Waals surface area contributed by atoms with Crippen LogP contribution in [-0.4, -0.2) is 0 Å². The van der Waals surface area contributed by atoms with Gasteiger partial charge in [0.15, 0.2) is 0 Å². The Bertz CT molecular complexity index is 3060. The highest BCUT2D eigenvalue weighted by Crippen LogP contribution is 2.54. The fraction of sp³-hybridized carbons (Fsp3) is 0.192. The van der Waals surface area contributed by atoms with Crippen molar-refractivity contribution in [2.45, 2.75) is 64.2 Å². The van der Waals surface area contributed by atoms with Crippen LogP contribution in [0.15, 0.2) is 144 Å². The van der Waals surface area contributed by atoms with Gasteiger partial charge in [-0.15, -0.1) is 11.3 Å². The molecule has 2 nitrogen and oxygen atoms in total. The maximum absolute atomic E-state index is 6.46. The molecule has 9 aromatic rings. The van der Waals surface area contributed by atoms with Crippen LogP contribution in [0.2, 0.25) is 0 Å². The third-order valence-corrected chi connectivity index (χ3v) is 14.0. The summed E-state index contributed by atoms with van der Waals surface area (Å²) in [6.07, 6.45) is 1.18. The first kappa shape index (κ1) is 32.8. The van der Waals surface area contributed by atoms with Crippen LogP contribution < -0.4 is 4.90 Å². The van der Waals surface area contributed by atoms with Crippen LogP contribution in [0.1, 0.15) is 70.2 Å². The summed E-state index contributed by atoms with van der Waals surface area (Å²) in [6.45, 7) is 14.4. The van der Waals surface area contributed by atoms with Gasteiger partial charge in [-0.1, -0.05) is 120 Å². The lowest BCUT2D eigenvalue weighted by Crippen LogP contribution is -2.17. The Morgan fingerprint density at radius 2 is 1.13 bits per heavy atom. The van der Waals surface area contributed by atoms with Crippen molar-refractivity contribution in [3.05, 3.63) is 162 Å². The van der Waals surface area contributed by atoms with Crippen molar-refractivity contribution in [2.24, 2.45) is 0 Å². The van der Waals surface area contributed by atoms with Crippen molar-refractivity contribution < 1.29 is 4.42 Å². The lowest BCUT2D eigenvalue weighted by atomic mass is 9.82. The summed E-state index contributed by atoms with van der Waals surface area (Å²) in [5.74, 6) is 0. The van der Waals surface area contributed by atoms with Crippen molar-refractivity contribution in [3.8, 4) is 22.3 Å². The molecular formula is C52H43NOS. The molecule has 2 heterocycles. The SMILES string of the molecule is CC1(C)CC(C)(C)c2cc3c(cc21)sc1c(-c2cccc(N(c4ccc5c(c4)C(C)(C)c4ccccc4-5)c4ccc5c(c4)oc4ccccc45)c2)cccc13. The number of thiophene rings is 1. The van der Waals surface area contributed by atoms with E-state index in [1.165, 1.54) is 71.1 Å². The van der Waals surface area contributed by atoms with Crippen LogP contribution in [0, 0.1) is 0 Å². The first-order valence-corrected chi connectivity index (χ1v) is 20.4. The molecule has 2 aromatic heterocycles. The van der Waals surface area contributed by atoms with E-state index in [2.05, 4.69) is 180 Å². The predicted octanol–water partition coefficient (Wildman–Crippen LogP) is 15.4. The van der Waals surface area contributed by atoms with E-state index < -0.39 is 0 Å². The zero-order valence-electron chi connectivity index (χ0n) is 32.2. The number of para-hydroxylation sites is 1. The summed E-state index contributed by atoms with van der Waals surface area (Å²) < 4.78 is 9.19. The molecule has 0 unspecified atom stereocenters. The van der Waals surface area contributed by atoms with Crippen molar-refractivity contribution in [2.75, 3.05) is 4.90 Å². The van der Waals surface area contributed by atoms with E-state index in [-0.39, 0.29) is 16.2 Å². The van der Waals surface area contributed by atoms with Crippen molar-refractivity contribution in [1.82, 2.24) is 0 Å². The van der Waals surface area contributed by atoms with Crippen LogP contribution in [0.3, 0.4) is 0 Å². The molecule has 0 saturated heterocycles. The molecule has 0 fully saturated rings. The Morgan fingerprint density at radius 3 is 2.00 bits per heavy atom. The van der Waals surface area contributed by atoms with Gasteiger partial charge in [-0.25, -0.2) is 0 Å². The minimum atomic E-state index is -0.112. The van der Waals surface area contributed by atoms with E-state index in [0.29, 0.717) is 0 Å². The Kier molecular flexibility index (Phi) is 6.68. The number of nitrogens with zero attached hydrogens (tertiary/aromatic N) is 1. The minimum Gasteiger partial charge on any atom is -0.456 e. The molecule has 2 aliphatic rings. The number of rotatable bonds is 4. The van der Waals surface area contributed by atoms with Gasteiger partial charge in [0, 0.05) is 59.5 Å². The second-order valence-corrected chi connectivity index (χ2v) is 18.7. The lowest BCUT2D eigenvalue weighted by Gasteiger charge is -2.28. The summed E-state index contributed by atoms with van der Waals surface area (Å²) in [5.41, 5.74) is 16.2. The second-order valence-electron chi connectivity index (χ2n) is 17.7. The van der Waals surface area contributed by atoms with Gasteiger partial charge in [-0.2, -0.15) is 0 Å². The minimum absolute atomic E-state index is 0.112. The van der Waals surface area contributed by atoms with Gasteiger partial charge in [-0.3, -0.25) is 0 Å².